The summed E-state index contributed by atoms with van der Waals surface area (Å²) < 4.78 is 1.31. The normalized spacial score (nSPS) is 26.2. The van der Waals surface area contributed by atoms with Crippen molar-refractivity contribution in [3.63, 3.8) is 0 Å². The molecule has 0 amide bonds. The summed E-state index contributed by atoms with van der Waals surface area (Å²) in [6.07, 6.45) is 6.78. The molecule has 3 unspecified atom stereocenters. The van der Waals surface area contributed by atoms with Crippen molar-refractivity contribution in [1.82, 2.24) is 9.78 Å². The van der Waals surface area contributed by atoms with Gasteiger partial charge >= 0.3 is 0 Å². The first-order chi connectivity index (χ1) is 9.52. The molecule has 110 valence electrons. The summed E-state index contributed by atoms with van der Waals surface area (Å²) in [7, 11) is 0. The van der Waals surface area contributed by atoms with Crippen molar-refractivity contribution < 1.29 is 0 Å². The molecule has 0 aliphatic heterocycles. The summed E-state index contributed by atoms with van der Waals surface area (Å²) in [6.45, 7) is 8.51. The molecule has 5 heteroatoms. The van der Waals surface area contributed by atoms with Crippen LogP contribution in [0.3, 0.4) is 0 Å². The second kappa shape index (κ2) is 6.44. The van der Waals surface area contributed by atoms with E-state index in [0.29, 0.717) is 24.2 Å². The minimum atomic E-state index is -0.270. The molecule has 20 heavy (non-hydrogen) atoms. The number of nitrogens with zero attached hydrogens (tertiary/aromatic N) is 2. The number of hydrogen-bond acceptors (Lipinski definition) is 3. The van der Waals surface area contributed by atoms with Crippen LogP contribution in [0.15, 0.2) is 23.6 Å². The summed E-state index contributed by atoms with van der Waals surface area (Å²) >= 11 is 6.16. The molecule has 1 N–H and O–H groups in total. The van der Waals surface area contributed by atoms with Gasteiger partial charge < -0.3 is 5.32 Å². The second-order valence-corrected chi connectivity index (χ2v) is 6.17. The molecular weight excluding hydrogens is 274 g/mol. The molecular formula is C15H22ClN3O. The van der Waals surface area contributed by atoms with Gasteiger partial charge in [-0.25, -0.2) is 4.68 Å². The summed E-state index contributed by atoms with van der Waals surface area (Å²) in [5.41, 5.74) is 0.372. The van der Waals surface area contributed by atoms with Crippen molar-refractivity contribution >= 4 is 17.3 Å². The zero-order chi connectivity index (χ0) is 14.7. The van der Waals surface area contributed by atoms with Gasteiger partial charge in [0.1, 0.15) is 5.02 Å². The predicted molar refractivity (Wildman–Crippen MR) is 83.3 cm³/mol. The van der Waals surface area contributed by atoms with Gasteiger partial charge in [0.25, 0.3) is 5.56 Å². The number of hydrogen-bond donors (Lipinski definition) is 1. The zero-order valence-electron chi connectivity index (χ0n) is 12.1. The molecule has 1 aromatic rings. The average Bonchev–Trinajstić information content (AvgIpc) is 2.41. The van der Waals surface area contributed by atoms with Crippen LogP contribution in [0.4, 0.5) is 5.69 Å². The number of anilines is 1. The molecule has 0 saturated heterocycles. The van der Waals surface area contributed by atoms with Gasteiger partial charge in [-0.05, 0) is 31.1 Å². The lowest BCUT2D eigenvalue weighted by atomic mass is 9.80. The molecule has 0 spiro atoms. The highest BCUT2D eigenvalue weighted by Crippen LogP contribution is 2.31. The SMILES string of the molecule is C=CCn1ncc(NC2CCC(C)CC2C)c(Cl)c1=O. The third-order valence-corrected chi connectivity index (χ3v) is 4.42. The highest BCUT2D eigenvalue weighted by molar-refractivity contribution is 6.32. The van der Waals surface area contributed by atoms with E-state index in [9.17, 15) is 4.79 Å². The van der Waals surface area contributed by atoms with Crippen molar-refractivity contribution in [3.8, 4) is 0 Å². The largest absolute Gasteiger partial charge is 0.379 e. The van der Waals surface area contributed by atoms with Crippen LogP contribution in [0.1, 0.15) is 33.1 Å². The van der Waals surface area contributed by atoms with Crippen molar-refractivity contribution in [2.45, 2.75) is 45.7 Å². The second-order valence-electron chi connectivity index (χ2n) is 5.79. The molecule has 0 aromatic carbocycles. The van der Waals surface area contributed by atoms with Crippen LogP contribution in [-0.2, 0) is 6.54 Å². The van der Waals surface area contributed by atoms with E-state index in [1.165, 1.54) is 17.5 Å². The van der Waals surface area contributed by atoms with Crippen molar-refractivity contribution in [3.05, 3.63) is 34.2 Å². The Morgan fingerprint density at radius 2 is 2.30 bits per heavy atom. The first-order valence-electron chi connectivity index (χ1n) is 7.16. The fourth-order valence-electron chi connectivity index (χ4n) is 2.90. The molecule has 1 heterocycles. The molecule has 1 fully saturated rings. The summed E-state index contributed by atoms with van der Waals surface area (Å²) in [6, 6.07) is 0.361. The van der Waals surface area contributed by atoms with Crippen LogP contribution in [0.25, 0.3) is 0 Å². The van der Waals surface area contributed by atoms with E-state index in [4.69, 9.17) is 11.6 Å². The van der Waals surface area contributed by atoms with Gasteiger partial charge in [0, 0.05) is 6.04 Å². The van der Waals surface area contributed by atoms with Gasteiger partial charge in [-0.2, -0.15) is 5.10 Å². The van der Waals surface area contributed by atoms with Gasteiger partial charge in [0.15, 0.2) is 0 Å². The van der Waals surface area contributed by atoms with Crippen LogP contribution in [0.5, 0.6) is 0 Å². The maximum Gasteiger partial charge on any atom is 0.287 e. The predicted octanol–water partition coefficient (Wildman–Crippen LogP) is 3.32. The van der Waals surface area contributed by atoms with E-state index < -0.39 is 0 Å². The maximum absolute atomic E-state index is 12.0. The molecule has 0 radical (unpaired) electrons. The van der Waals surface area contributed by atoms with Gasteiger partial charge in [-0.3, -0.25) is 4.79 Å². The number of allylic oxidation sites excluding steroid dienone is 1. The monoisotopic (exact) mass is 295 g/mol. The molecule has 1 saturated carbocycles. The standard InChI is InChI=1S/C15H22ClN3O/c1-4-7-19-15(20)14(16)13(9-17-19)18-12-6-5-10(2)8-11(12)3/h4,9-12,18H,1,5-8H2,2-3H3. The lowest BCUT2D eigenvalue weighted by Gasteiger charge is -2.33. The Kier molecular flexibility index (Phi) is 4.86. The molecule has 3 atom stereocenters. The summed E-state index contributed by atoms with van der Waals surface area (Å²) in [5.74, 6) is 1.35. The van der Waals surface area contributed by atoms with Gasteiger partial charge in [0.05, 0.1) is 18.4 Å². The van der Waals surface area contributed by atoms with E-state index >= 15 is 0 Å². The van der Waals surface area contributed by atoms with E-state index in [-0.39, 0.29) is 10.6 Å². The Bertz CT molecular complexity index is 540. The van der Waals surface area contributed by atoms with E-state index in [0.717, 1.165) is 12.3 Å². The minimum absolute atomic E-state index is 0.215. The molecule has 2 rings (SSSR count). The number of nitrogens with one attached hydrogen (secondary N) is 1. The van der Waals surface area contributed by atoms with Crippen LogP contribution in [0.2, 0.25) is 5.02 Å². The summed E-state index contributed by atoms with van der Waals surface area (Å²) in [5, 5.41) is 7.73. The van der Waals surface area contributed by atoms with Gasteiger partial charge in [0.2, 0.25) is 0 Å². The Balaban J connectivity index is 2.16. The molecule has 1 aliphatic rings. The third-order valence-electron chi connectivity index (χ3n) is 4.06. The maximum atomic E-state index is 12.0. The van der Waals surface area contributed by atoms with Crippen LogP contribution in [-0.4, -0.2) is 15.8 Å². The number of rotatable bonds is 4. The third kappa shape index (κ3) is 3.23. The Morgan fingerprint density at radius 1 is 1.55 bits per heavy atom. The van der Waals surface area contributed by atoms with E-state index in [1.54, 1.807) is 12.3 Å². The van der Waals surface area contributed by atoms with Gasteiger partial charge in [-0.15, -0.1) is 6.58 Å². The van der Waals surface area contributed by atoms with Crippen molar-refractivity contribution in [2.24, 2.45) is 11.8 Å². The lowest BCUT2D eigenvalue weighted by Crippen LogP contribution is -2.34. The molecule has 1 aliphatic carbocycles. The smallest absolute Gasteiger partial charge is 0.287 e. The first-order valence-corrected chi connectivity index (χ1v) is 7.53. The quantitative estimate of drug-likeness (QED) is 0.867. The Hall–Kier alpha value is -1.29. The molecule has 1 aromatic heterocycles. The minimum Gasteiger partial charge on any atom is -0.379 e. The van der Waals surface area contributed by atoms with Crippen molar-refractivity contribution in [1.29, 1.82) is 0 Å². The first kappa shape index (κ1) is 15.1. The summed E-state index contributed by atoms with van der Waals surface area (Å²) in [4.78, 5) is 12.0. The number of halogens is 1. The molecule has 4 nitrogen and oxygen atoms in total. The lowest BCUT2D eigenvalue weighted by molar-refractivity contribution is 0.276. The fourth-order valence-corrected chi connectivity index (χ4v) is 3.10. The molecule has 0 bridgehead atoms. The highest BCUT2D eigenvalue weighted by Gasteiger charge is 2.26. The van der Waals surface area contributed by atoms with Gasteiger partial charge in [-0.1, -0.05) is 31.5 Å². The van der Waals surface area contributed by atoms with Crippen molar-refractivity contribution in [2.75, 3.05) is 5.32 Å². The number of aromatic nitrogens is 2. The topological polar surface area (TPSA) is 46.9 Å². The zero-order valence-corrected chi connectivity index (χ0v) is 12.9. The van der Waals surface area contributed by atoms with Crippen LogP contribution >= 0.6 is 11.6 Å². The highest BCUT2D eigenvalue weighted by atomic mass is 35.5. The Labute approximate surface area is 124 Å². The van der Waals surface area contributed by atoms with Crippen LogP contribution < -0.4 is 10.9 Å². The van der Waals surface area contributed by atoms with E-state index in [1.807, 2.05) is 0 Å². The van der Waals surface area contributed by atoms with Crippen LogP contribution in [0, 0.1) is 11.8 Å². The van der Waals surface area contributed by atoms with E-state index in [2.05, 4.69) is 30.8 Å². The fraction of sp³-hybridized carbons (Fsp3) is 0.600. The Morgan fingerprint density at radius 3 is 2.95 bits per heavy atom. The average molecular weight is 296 g/mol.